The second kappa shape index (κ2) is 4.96. The molecular weight excluding hydrogens is 244 g/mol. The number of halogens is 1. The van der Waals surface area contributed by atoms with Crippen LogP contribution in [0.1, 0.15) is 11.7 Å². The molecule has 0 saturated carbocycles. The van der Waals surface area contributed by atoms with E-state index in [0.29, 0.717) is 36.2 Å². The molecule has 0 unspecified atom stereocenters. The molecule has 0 aliphatic rings. The van der Waals surface area contributed by atoms with Gasteiger partial charge in [-0.05, 0) is 18.5 Å². The van der Waals surface area contributed by atoms with Crippen LogP contribution >= 0.6 is 11.6 Å². The third-order valence-corrected chi connectivity index (χ3v) is 2.17. The minimum atomic E-state index is 0.148. The Morgan fingerprint density at radius 2 is 2.29 bits per heavy atom. The Morgan fingerprint density at radius 1 is 1.47 bits per heavy atom. The highest BCUT2D eigenvalue weighted by atomic mass is 35.5. The molecule has 17 heavy (non-hydrogen) atoms. The molecule has 7 nitrogen and oxygen atoms in total. The Bertz CT molecular complexity index is 514. The number of nitrogens with zero attached hydrogens (tertiary/aromatic N) is 4. The second-order valence-corrected chi connectivity index (χ2v) is 3.69. The Hall–Kier alpha value is -1.89. The lowest BCUT2D eigenvalue weighted by Crippen LogP contribution is -2.09. The third kappa shape index (κ3) is 3.04. The summed E-state index contributed by atoms with van der Waals surface area (Å²) in [6, 6.07) is 0. The van der Waals surface area contributed by atoms with Crippen LogP contribution in [0.3, 0.4) is 0 Å². The topological polar surface area (TPSA) is 103 Å². The van der Waals surface area contributed by atoms with Gasteiger partial charge < -0.3 is 15.6 Å². The molecule has 0 spiro atoms. The molecule has 8 heteroatoms. The Labute approximate surface area is 102 Å². The van der Waals surface area contributed by atoms with Crippen LogP contribution in [0.25, 0.3) is 0 Å². The summed E-state index contributed by atoms with van der Waals surface area (Å²) >= 11 is 5.66. The van der Waals surface area contributed by atoms with Crippen LogP contribution in [-0.4, -0.2) is 26.7 Å². The first-order valence-electron chi connectivity index (χ1n) is 4.96. The van der Waals surface area contributed by atoms with Gasteiger partial charge in [-0.15, -0.1) is 0 Å². The average molecular weight is 255 g/mol. The summed E-state index contributed by atoms with van der Waals surface area (Å²) in [5.41, 5.74) is 6.12. The maximum Gasteiger partial charge on any atom is 0.228 e. The molecule has 2 heterocycles. The van der Waals surface area contributed by atoms with Crippen molar-refractivity contribution in [1.29, 1.82) is 0 Å². The van der Waals surface area contributed by atoms with E-state index in [1.54, 1.807) is 6.92 Å². The number of aryl methyl sites for hydroxylation is 1. The van der Waals surface area contributed by atoms with Crippen molar-refractivity contribution in [3.8, 4) is 0 Å². The monoisotopic (exact) mass is 254 g/mol. The molecule has 0 aromatic carbocycles. The van der Waals surface area contributed by atoms with Crippen molar-refractivity contribution >= 4 is 23.1 Å². The maximum atomic E-state index is 5.68. The van der Waals surface area contributed by atoms with Gasteiger partial charge in [0.25, 0.3) is 0 Å². The predicted octanol–water partition coefficient (Wildman–Crippen LogP) is 1.06. The van der Waals surface area contributed by atoms with Gasteiger partial charge in [-0.2, -0.15) is 9.97 Å². The van der Waals surface area contributed by atoms with Gasteiger partial charge in [-0.3, -0.25) is 0 Å². The molecule has 0 amide bonds. The van der Waals surface area contributed by atoms with E-state index in [4.69, 9.17) is 21.9 Å². The van der Waals surface area contributed by atoms with E-state index in [1.165, 1.54) is 6.20 Å². The molecular formula is C9H11ClN6O. The summed E-state index contributed by atoms with van der Waals surface area (Å²) in [6.07, 6.45) is 2.04. The summed E-state index contributed by atoms with van der Waals surface area (Å²) in [5, 5.41) is 6.86. The van der Waals surface area contributed by atoms with Crippen molar-refractivity contribution in [3.05, 3.63) is 23.2 Å². The normalized spacial score (nSPS) is 10.5. The maximum absolute atomic E-state index is 5.68. The van der Waals surface area contributed by atoms with Crippen molar-refractivity contribution in [1.82, 2.24) is 20.1 Å². The number of nitrogens with one attached hydrogen (secondary N) is 1. The largest absolute Gasteiger partial charge is 0.394 e. The summed E-state index contributed by atoms with van der Waals surface area (Å²) in [4.78, 5) is 11.8. The van der Waals surface area contributed by atoms with Crippen molar-refractivity contribution in [2.75, 3.05) is 17.6 Å². The van der Waals surface area contributed by atoms with E-state index < -0.39 is 0 Å². The molecule has 0 atom stereocenters. The number of nitrogen functional groups attached to an aromatic ring is 1. The number of nitrogens with two attached hydrogens (primary N) is 1. The van der Waals surface area contributed by atoms with Gasteiger partial charge in [0.05, 0.1) is 11.9 Å². The molecule has 2 aromatic rings. The Balaban J connectivity index is 1.91. The zero-order valence-corrected chi connectivity index (χ0v) is 9.90. The third-order valence-electron chi connectivity index (χ3n) is 1.99. The van der Waals surface area contributed by atoms with E-state index in [9.17, 15) is 0 Å². The number of rotatable bonds is 4. The quantitative estimate of drug-likeness (QED) is 0.786. The first kappa shape index (κ1) is 11.6. The fourth-order valence-electron chi connectivity index (χ4n) is 1.24. The summed E-state index contributed by atoms with van der Waals surface area (Å²) in [5.74, 6) is 1.68. The highest BCUT2D eigenvalue weighted by Crippen LogP contribution is 2.15. The van der Waals surface area contributed by atoms with E-state index in [1.807, 2.05) is 0 Å². The molecule has 2 rings (SSSR count). The number of hydrogen-bond acceptors (Lipinski definition) is 7. The van der Waals surface area contributed by atoms with Crippen molar-refractivity contribution in [2.24, 2.45) is 0 Å². The zero-order valence-electron chi connectivity index (χ0n) is 9.14. The minimum absolute atomic E-state index is 0.148. The highest BCUT2D eigenvalue weighted by molar-refractivity contribution is 6.28. The Morgan fingerprint density at radius 3 is 3.00 bits per heavy atom. The molecule has 0 aliphatic heterocycles. The first-order chi connectivity index (χ1) is 8.15. The number of hydrogen-bond donors (Lipinski definition) is 2. The molecule has 90 valence electrons. The summed E-state index contributed by atoms with van der Waals surface area (Å²) in [6.45, 7) is 2.34. The molecule has 0 saturated heterocycles. The van der Waals surface area contributed by atoms with Crippen molar-refractivity contribution in [2.45, 2.75) is 13.3 Å². The van der Waals surface area contributed by atoms with Gasteiger partial charge in [-0.25, -0.2) is 4.98 Å². The number of anilines is 2. The molecule has 0 bridgehead atoms. The lowest BCUT2D eigenvalue weighted by atomic mass is 10.4. The van der Waals surface area contributed by atoms with Crippen LogP contribution in [0.2, 0.25) is 5.28 Å². The smallest absolute Gasteiger partial charge is 0.228 e. The van der Waals surface area contributed by atoms with Crippen molar-refractivity contribution in [3.63, 3.8) is 0 Å². The van der Waals surface area contributed by atoms with Gasteiger partial charge in [0.1, 0.15) is 0 Å². The summed E-state index contributed by atoms with van der Waals surface area (Å²) in [7, 11) is 0. The van der Waals surface area contributed by atoms with Crippen molar-refractivity contribution < 1.29 is 4.52 Å². The fourth-order valence-corrected chi connectivity index (χ4v) is 1.37. The fraction of sp³-hybridized carbons (Fsp3) is 0.333. The van der Waals surface area contributed by atoms with E-state index in [-0.39, 0.29) is 5.28 Å². The molecule has 0 aliphatic carbocycles. The van der Waals surface area contributed by atoms with E-state index in [0.717, 1.165) is 0 Å². The predicted molar refractivity (Wildman–Crippen MR) is 62.7 cm³/mol. The van der Waals surface area contributed by atoms with Crippen LogP contribution in [0.15, 0.2) is 10.7 Å². The SMILES string of the molecule is Cc1noc(CCNc2nc(Cl)ncc2N)n1. The van der Waals surface area contributed by atoms with Gasteiger partial charge in [0, 0.05) is 13.0 Å². The van der Waals surface area contributed by atoms with Gasteiger partial charge in [0.15, 0.2) is 11.6 Å². The highest BCUT2D eigenvalue weighted by Gasteiger charge is 2.05. The molecule has 2 aromatic heterocycles. The lowest BCUT2D eigenvalue weighted by Gasteiger charge is -2.06. The second-order valence-electron chi connectivity index (χ2n) is 3.36. The van der Waals surface area contributed by atoms with Gasteiger partial charge in [-0.1, -0.05) is 5.16 Å². The number of aromatic nitrogens is 4. The van der Waals surface area contributed by atoms with Crippen LogP contribution < -0.4 is 11.1 Å². The van der Waals surface area contributed by atoms with E-state index >= 15 is 0 Å². The standard InChI is InChI=1S/C9H11ClN6O/c1-5-14-7(17-16-5)2-3-12-8-6(11)4-13-9(10)15-8/h4H,2-3,11H2,1H3,(H,12,13,15). The Kier molecular flexibility index (Phi) is 3.38. The zero-order chi connectivity index (χ0) is 12.3. The van der Waals surface area contributed by atoms with Crippen LogP contribution in [0, 0.1) is 6.92 Å². The van der Waals surface area contributed by atoms with E-state index in [2.05, 4.69) is 25.4 Å². The summed E-state index contributed by atoms with van der Waals surface area (Å²) < 4.78 is 4.97. The van der Waals surface area contributed by atoms with Crippen LogP contribution in [0.5, 0.6) is 0 Å². The minimum Gasteiger partial charge on any atom is -0.394 e. The average Bonchev–Trinajstić information content (AvgIpc) is 2.69. The lowest BCUT2D eigenvalue weighted by molar-refractivity contribution is 0.377. The van der Waals surface area contributed by atoms with Gasteiger partial charge in [0.2, 0.25) is 11.2 Å². The molecule has 0 radical (unpaired) electrons. The molecule has 0 fully saturated rings. The first-order valence-corrected chi connectivity index (χ1v) is 5.34. The van der Waals surface area contributed by atoms with Crippen LogP contribution in [-0.2, 0) is 6.42 Å². The molecule has 3 N–H and O–H groups in total. The van der Waals surface area contributed by atoms with Crippen LogP contribution in [0.4, 0.5) is 11.5 Å². The van der Waals surface area contributed by atoms with Gasteiger partial charge >= 0.3 is 0 Å².